The van der Waals surface area contributed by atoms with Crippen molar-refractivity contribution in [1.82, 2.24) is 9.97 Å². The molecule has 2 fully saturated rings. The van der Waals surface area contributed by atoms with Crippen molar-refractivity contribution in [2.45, 2.75) is 38.1 Å². The summed E-state index contributed by atoms with van der Waals surface area (Å²) >= 11 is 0. The second-order valence-corrected chi connectivity index (χ2v) is 7.04. The number of piperidine rings is 1. The summed E-state index contributed by atoms with van der Waals surface area (Å²) in [5.41, 5.74) is 7.38. The van der Waals surface area contributed by atoms with Crippen molar-refractivity contribution in [3.05, 3.63) is 18.5 Å². The number of fused-ring (bicyclic) bond motifs is 1. The molecule has 0 bridgehead atoms. The maximum absolute atomic E-state index is 11.9. The molecule has 1 unspecified atom stereocenters. The highest BCUT2D eigenvalue weighted by Crippen LogP contribution is 2.39. The van der Waals surface area contributed by atoms with Crippen molar-refractivity contribution in [3.63, 3.8) is 0 Å². The van der Waals surface area contributed by atoms with Gasteiger partial charge in [0.05, 0.1) is 18.3 Å². The van der Waals surface area contributed by atoms with E-state index in [1.54, 1.807) is 13.4 Å². The minimum absolute atomic E-state index is 0.287. The van der Waals surface area contributed by atoms with Crippen LogP contribution in [0, 0.1) is 0 Å². The summed E-state index contributed by atoms with van der Waals surface area (Å²) in [6.07, 6.45) is 6.98. The standard InChI is InChI=1S/C19H25N5O2/c1-26-17-11-14-13(10-16(17)24-9-5-6-15(24)18(20)25)19(22-12-21-14)23-7-3-2-4-8-23/h10-12,15H,2-9H2,1H3,(H2,20,25). The lowest BCUT2D eigenvalue weighted by atomic mass is 10.1. The monoisotopic (exact) mass is 355 g/mol. The van der Waals surface area contributed by atoms with Gasteiger partial charge in [-0.1, -0.05) is 0 Å². The Morgan fingerprint density at radius 1 is 1.15 bits per heavy atom. The lowest BCUT2D eigenvalue weighted by Crippen LogP contribution is -2.40. The zero-order valence-electron chi connectivity index (χ0n) is 15.1. The summed E-state index contributed by atoms with van der Waals surface area (Å²) in [7, 11) is 1.65. The number of benzene rings is 1. The molecule has 26 heavy (non-hydrogen) atoms. The molecular formula is C19H25N5O2. The minimum atomic E-state index is -0.288. The molecule has 1 amide bonds. The van der Waals surface area contributed by atoms with E-state index in [4.69, 9.17) is 10.5 Å². The lowest BCUT2D eigenvalue weighted by Gasteiger charge is -2.30. The first-order valence-corrected chi connectivity index (χ1v) is 9.32. The number of carbonyl (C=O) groups excluding carboxylic acids is 1. The van der Waals surface area contributed by atoms with Crippen LogP contribution in [-0.2, 0) is 4.79 Å². The van der Waals surface area contributed by atoms with Crippen molar-refractivity contribution in [2.75, 3.05) is 36.5 Å². The Morgan fingerprint density at radius 3 is 2.69 bits per heavy atom. The van der Waals surface area contributed by atoms with Gasteiger partial charge in [-0.05, 0) is 38.2 Å². The average Bonchev–Trinajstić information content (AvgIpc) is 3.17. The third-order valence-corrected chi connectivity index (χ3v) is 5.46. The summed E-state index contributed by atoms with van der Waals surface area (Å²) in [6, 6.07) is 3.72. The fourth-order valence-corrected chi connectivity index (χ4v) is 4.16. The molecule has 0 saturated carbocycles. The van der Waals surface area contributed by atoms with Gasteiger partial charge in [-0.15, -0.1) is 0 Å². The molecule has 7 heteroatoms. The van der Waals surface area contributed by atoms with E-state index in [0.29, 0.717) is 5.75 Å². The second kappa shape index (κ2) is 6.97. The van der Waals surface area contributed by atoms with Crippen molar-refractivity contribution < 1.29 is 9.53 Å². The molecule has 2 saturated heterocycles. The average molecular weight is 355 g/mol. The number of nitrogens with zero attached hydrogens (tertiary/aromatic N) is 4. The van der Waals surface area contributed by atoms with Gasteiger partial charge >= 0.3 is 0 Å². The zero-order chi connectivity index (χ0) is 18.1. The van der Waals surface area contributed by atoms with E-state index in [1.807, 2.05) is 6.07 Å². The van der Waals surface area contributed by atoms with Gasteiger partial charge in [0, 0.05) is 31.1 Å². The molecule has 2 N–H and O–H groups in total. The highest BCUT2D eigenvalue weighted by Gasteiger charge is 2.31. The summed E-state index contributed by atoms with van der Waals surface area (Å²) in [5.74, 6) is 1.40. The Bertz CT molecular complexity index is 819. The smallest absolute Gasteiger partial charge is 0.240 e. The largest absolute Gasteiger partial charge is 0.495 e. The van der Waals surface area contributed by atoms with Crippen LogP contribution >= 0.6 is 0 Å². The topological polar surface area (TPSA) is 84.6 Å². The summed E-state index contributed by atoms with van der Waals surface area (Å²) in [4.78, 5) is 25.3. The molecule has 1 atom stereocenters. The first-order valence-electron chi connectivity index (χ1n) is 9.32. The number of hydrogen-bond donors (Lipinski definition) is 1. The van der Waals surface area contributed by atoms with Gasteiger partial charge in [-0.25, -0.2) is 9.97 Å². The molecule has 3 heterocycles. The Balaban J connectivity index is 1.83. The van der Waals surface area contributed by atoms with E-state index in [9.17, 15) is 4.79 Å². The maximum Gasteiger partial charge on any atom is 0.240 e. The van der Waals surface area contributed by atoms with Gasteiger partial charge in [-0.2, -0.15) is 0 Å². The van der Waals surface area contributed by atoms with Crippen LogP contribution < -0.4 is 20.3 Å². The third kappa shape index (κ3) is 2.91. The maximum atomic E-state index is 11.9. The number of ether oxygens (including phenoxy) is 1. The molecule has 0 spiro atoms. The van der Waals surface area contributed by atoms with Crippen LogP contribution in [0.1, 0.15) is 32.1 Å². The number of primary amides is 1. The number of carbonyl (C=O) groups is 1. The summed E-state index contributed by atoms with van der Waals surface area (Å²) in [5, 5.41) is 1.00. The van der Waals surface area contributed by atoms with Crippen molar-refractivity contribution in [3.8, 4) is 5.75 Å². The Labute approximate surface area is 153 Å². The molecule has 2 aliphatic heterocycles. The van der Waals surface area contributed by atoms with Gasteiger partial charge < -0.3 is 20.3 Å². The zero-order valence-corrected chi connectivity index (χ0v) is 15.1. The SMILES string of the molecule is COc1cc2ncnc(N3CCCCC3)c2cc1N1CCCC1C(N)=O. The van der Waals surface area contributed by atoms with E-state index in [-0.39, 0.29) is 11.9 Å². The summed E-state index contributed by atoms with van der Waals surface area (Å²) < 4.78 is 5.61. The van der Waals surface area contributed by atoms with E-state index in [2.05, 4.69) is 25.8 Å². The van der Waals surface area contributed by atoms with Gasteiger partial charge in [0.1, 0.15) is 23.9 Å². The number of aromatic nitrogens is 2. The Hall–Kier alpha value is -2.57. The number of amides is 1. The van der Waals surface area contributed by atoms with Gasteiger partial charge in [-0.3, -0.25) is 4.79 Å². The Kier molecular flexibility index (Phi) is 4.53. The van der Waals surface area contributed by atoms with Crippen LogP contribution in [0.15, 0.2) is 18.5 Å². The Morgan fingerprint density at radius 2 is 1.96 bits per heavy atom. The first kappa shape index (κ1) is 16.9. The predicted octanol–water partition coefficient (Wildman–Crippen LogP) is 2.08. The lowest BCUT2D eigenvalue weighted by molar-refractivity contribution is -0.119. The molecule has 4 rings (SSSR count). The molecule has 2 aromatic rings. The molecule has 7 nitrogen and oxygen atoms in total. The van der Waals surface area contributed by atoms with Crippen molar-refractivity contribution in [2.24, 2.45) is 5.73 Å². The highest BCUT2D eigenvalue weighted by molar-refractivity contribution is 5.95. The fourth-order valence-electron chi connectivity index (χ4n) is 4.16. The molecule has 1 aromatic carbocycles. The predicted molar refractivity (Wildman–Crippen MR) is 102 cm³/mol. The molecule has 2 aliphatic rings. The molecular weight excluding hydrogens is 330 g/mol. The first-order chi connectivity index (χ1) is 12.7. The van der Waals surface area contributed by atoms with Crippen LogP contribution in [0.4, 0.5) is 11.5 Å². The van der Waals surface area contributed by atoms with E-state index >= 15 is 0 Å². The van der Waals surface area contributed by atoms with E-state index in [1.165, 1.54) is 19.3 Å². The van der Waals surface area contributed by atoms with E-state index < -0.39 is 0 Å². The van der Waals surface area contributed by atoms with Crippen LogP contribution in [0.25, 0.3) is 10.9 Å². The van der Waals surface area contributed by atoms with Crippen LogP contribution in [0.2, 0.25) is 0 Å². The van der Waals surface area contributed by atoms with Gasteiger partial charge in [0.15, 0.2) is 0 Å². The quantitative estimate of drug-likeness (QED) is 0.904. The molecule has 0 radical (unpaired) electrons. The normalized spacial score (nSPS) is 20.6. The highest BCUT2D eigenvalue weighted by atomic mass is 16.5. The van der Waals surface area contributed by atoms with Crippen LogP contribution in [0.5, 0.6) is 5.75 Å². The molecule has 138 valence electrons. The van der Waals surface area contributed by atoms with Crippen molar-refractivity contribution >= 4 is 28.3 Å². The number of methoxy groups -OCH3 is 1. The van der Waals surface area contributed by atoms with E-state index in [0.717, 1.165) is 54.9 Å². The minimum Gasteiger partial charge on any atom is -0.495 e. The van der Waals surface area contributed by atoms with Crippen LogP contribution in [-0.4, -0.2) is 48.7 Å². The number of rotatable bonds is 4. The number of nitrogens with two attached hydrogens (primary N) is 1. The van der Waals surface area contributed by atoms with Gasteiger partial charge in [0.25, 0.3) is 0 Å². The van der Waals surface area contributed by atoms with Crippen LogP contribution in [0.3, 0.4) is 0 Å². The number of anilines is 2. The summed E-state index contributed by atoms with van der Waals surface area (Å²) in [6.45, 7) is 2.82. The molecule has 1 aromatic heterocycles. The van der Waals surface area contributed by atoms with Crippen molar-refractivity contribution in [1.29, 1.82) is 0 Å². The molecule has 0 aliphatic carbocycles. The number of hydrogen-bond acceptors (Lipinski definition) is 6. The fraction of sp³-hybridized carbons (Fsp3) is 0.526. The van der Waals surface area contributed by atoms with Gasteiger partial charge in [0.2, 0.25) is 5.91 Å². The second-order valence-electron chi connectivity index (χ2n) is 7.04. The third-order valence-electron chi connectivity index (χ3n) is 5.46.